The van der Waals surface area contributed by atoms with Crippen LogP contribution in [0.2, 0.25) is 0 Å². The van der Waals surface area contributed by atoms with Crippen molar-refractivity contribution in [3.63, 3.8) is 0 Å². The second-order valence-electron chi connectivity index (χ2n) is 3.85. The topological polar surface area (TPSA) is 52.1 Å². The van der Waals surface area contributed by atoms with Crippen LogP contribution in [0.1, 0.15) is 23.0 Å². The van der Waals surface area contributed by atoms with Crippen molar-refractivity contribution in [3.8, 4) is 11.4 Å². The lowest BCUT2D eigenvalue weighted by Gasteiger charge is -2.04. The molecule has 0 saturated carbocycles. The number of aromatic nitrogens is 2. The third kappa shape index (κ3) is 2.71. The van der Waals surface area contributed by atoms with Gasteiger partial charge in [0.1, 0.15) is 0 Å². The van der Waals surface area contributed by atoms with Gasteiger partial charge in [0.2, 0.25) is 0 Å². The van der Waals surface area contributed by atoms with Gasteiger partial charge in [-0.25, -0.2) is 14.8 Å². The van der Waals surface area contributed by atoms with E-state index in [4.69, 9.17) is 4.74 Å². The van der Waals surface area contributed by atoms with Crippen LogP contribution in [0.5, 0.6) is 0 Å². The van der Waals surface area contributed by atoms with Gasteiger partial charge in [-0.15, -0.1) is 0 Å². The molecular formula is C14H14N2O2. The number of hydrogen-bond acceptors (Lipinski definition) is 4. The number of carbonyl (C=O) groups excluding carboxylic acids is 1. The van der Waals surface area contributed by atoms with E-state index in [0.717, 1.165) is 5.56 Å². The third-order valence-corrected chi connectivity index (χ3v) is 2.45. The van der Waals surface area contributed by atoms with Crippen molar-refractivity contribution in [1.82, 2.24) is 9.97 Å². The fraction of sp³-hybridized carbons (Fsp3) is 0.214. The van der Waals surface area contributed by atoms with Gasteiger partial charge >= 0.3 is 5.97 Å². The number of esters is 1. The molecule has 18 heavy (non-hydrogen) atoms. The molecule has 0 spiro atoms. The summed E-state index contributed by atoms with van der Waals surface area (Å²) in [6, 6.07) is 9.38. The van der Waals surface area contributed by atoms with Crippen LogP contribution in [0, 0.1) is 6.92 Å². The first-order valence-corrected chi connectivity index (χ1v) is 5.78. The molecule has 1 aromatic heterocycles. The third-order valence-electron chi connectivity index (χ3n) is 2.45. The van der Waals surface area contributed by atoms with Crippen molar-refractivity contribution < 1.29 is 9.53 Å². The zero-order valence-corrected chi connectivity index (χ0v) is 10.4. The Kier molecular flexibility index (Phi) is 3.67. The highest BCUT2D eigenvalue weighted by Gasteiger charge is 2.10. The molecule has 4 heteroatoms. The molecule has 0 bridgehead atoms. The Labute approximate surface area is 106 Å². The summed E-state index contributed by atoms with van der Waals surface area (Å²) in [4.78, 5) is 19.9. The Morgan fingerprint density at radius 1 is 1.22 bits per heavy atom. The van der Waals surface area contributed by atoms with Crippen LogP contribution in [0.25, 0.3) is 11.4 Å². The van der Waals surface area contributed by atoms with Gasteiger partial charge in [-0.05, 0) is 19.9 Å². The average molecular weight is 242 g/mol. The van der Waals surface area contributed by atoms with E-state index in [9.17, 15) is 4.79 Å². The van der Waals surface area contributed by atoms with Gasteiger partial charge in [0.15, 0.2) is 11.5 Å². The second kappa shape index (κ2) is 5.40. The zero-order valence-electron chi connectivity index (χ0n) is 10.4. The van der Waals surface area contributed by atoms with E-state index in [1.165, 1.54) is 5.56 Å². The summed E-state index contributed by atoms with van der Waals surface area (Å²) in [7, 11) is 0. The SMILES string of the molecule is CCOC(=O)c1ccnc(-c2ccc(C)cc2)n1. The van der Waals surface area contributed by atoms with Crippen LogP contribution >= 0.6 is 0 Å². The van der Waals surface area contributed by atoms with Crippen LogP contribution < -0.4 is 0 Å². The quantitative estimate of drug-likeness (QED) is 0.776. The van der Waals surface area contributed by atoms with Gasteiger partial charge in [-0.1, -0.05) is 29.8 Å². The van der Waals surface area contributed by atoms with Crippen molar-refractivity contribution >= 4 is 5.97 Å². The Hall–Kier alpha value is -2.23. The minimum absolute atomic E-state index is 0.280. The minimum atomic E-state index is -0.423. The van der Waals surface area contributed by atoms with E-state index in [1.807, 2.05) is 31.2 Å². The summed E-state index contributed by atoms with van der Waals surface area (Å²) < 4.78 is 4.91. The maximum atomic E-state index is 11.6. The molecular weight excluding hydrogens is 228 g/mol. The fourth-order valence-electron chi connectivity index (χ4n) is 1.52. The molecule has 0 aliphatic rings. The lowest BCUT2D eigenvalue weighted by Crippen LogP contribution is -2.08. The van der Waals surface area contributed by atoms with Crippen LogP contribution in [-0.2, 0) is 4.74 Å². The van der Waals surface area contributed by atoms with E-state index in [-0.39, 0.29) is 5.69 Å². The molecule has 0 saturated heterocycles. The predicted molar refractivity (Wildman–Crippen MR) is 68.2 cm³/mol. The van der Waals surface area contributed by atoms with Gasteiger partial charge in [0, 0.05) is 11.8 Å². The highest BCUT2D eigenvalue weighted by molar-refractivity contribution is 5.87. The molecule has 0 unspecified atom stereocenters. The summed E-state index contributed by atoms with van der Waals surface area (Å²) in [6.07, 6.45) is 1.56. The van der Waals surface area contributed by atoms with Crippen molar-refractivity contribution in [2.45, 2.75) is 13.8 Å². The van der Waals surface area contributed by atoms with E-state index in [1.54, 1.807) is 19.2 Å². The van der Waals surface area contributed by atoms with E-state index < -0.39 is 5.97 Å². The molecule has 1 heterocycles. The van der Waals surface area contributed by atoms with Gasteiger partial charge in [0.25, 0.3) is 0 Å². The number of benzene rings is 1. The maximum Gasteiger partial charge on any atom is 0.357 e. The van der Waals surface area contributed by atoms with Crippen molar-refractivity contribution in [3.05, 3.63) is 47.8 Å². The molecule has 92 valence electrons. The van der Waals surface area contributed by atoms with Crippen LogP contribution in [0.3, 0.4) is 0 Å². The maximum absolute atomic E-state index is 11.6. The van der Waals surface area contributed by atoms with Crippen molar-refractivity contribution in [1.29, 1.82) is 0 Å². The highest BCUT2D eigenvalue weighted by Crippen LogP contribution is 2.15. The summed E-state index contributed by atoms with van der Waals surface area (Å²) in [5.74, 6) is 0.105. The second-order valence-corrected chi connectivity index (χ2v) is 3.85. The number of aryl methyl sites for hydroxylation is 1. The van der Waals surface area contributed by atoms with Crippen LogP contribution in [0.15, 0.2) is 36.5 Å². The molecule has 2 rings (SSSR count). The first-order valence-electron chi connectivity index (χ1n) is 5.78. The van der Waals surface area contributed by atoms with Gasteiger partial charge < -0.3 is 4.74 Å². The molecule has 0 aliphatic heterocycles. The number of ether oxygens (including phenoxy) is 1. The fourth-order valence-corrected chi connectivity index (χ4v) is 1.52. The highest BCUT2D eigenvalue weighted by atomic mass is 16.5. The molecule has 0 fully saturated rings. The summed E-state index contributed by atoms with van der Waals surface area (Å²) in [5, 5.41) is 0. The lowest BCUT2D eigenvalue weighted by atomic mass is 10.1. The van der Waals surface area contributed by atoms with E-state index in [2.05, 4.69) is 9.97 Å². The normalized spacial score (nSPS) is 10.1. The predicted octanol–water partition coefficient (Wildman–Crippen LogP) is 2.63. The molecule has 2 aromatic rings. The smallest absolute Gasteiger partial charge is 0.357 e. The lowest BCUT2D eigenvalue weighted by molar-refractivity contribution is 0.0519. The first-order chi connectivity index (χ1) is 8.70. The van der Waals surface area contributed by atoms with Gasteiger partial charge in [0.05, 0.1) is 6.61 Å². The van der Waals surface area contributed by atoms with E-state index >= 15 is 0 Å². The van der Waals surface area contributed by atoms with E-state index in [0.29, 0.717) is 12.4 Å². The Morgan fingerprint density at radius 3 is 2.61 bits per heavy atom. The standard InChI is InChI=1S/C14H14N2O2/c1-3-18-14(17)12-8-9-15-13(16-12)11-6-4-10(2)5-7-11/h4-9H,3H2,1-2H3. The largest absolute Gasteiger partial charge is 0.461 e. The zero-order chi connectivity index (χ0) is 13.0. The number of carbonyl (C=O) groups is 1. The Morgan fingerprint density at radius 2 is 1.94 bits per heavy atom. The molecule has 0 amide bonds. The molecule has 0 aliphatic carbocycles. The van der Waals surface area contributed by atoms with Gasteiger partial charge in [-0.3, -0.25) is 0 Å². The summed E-state index contributed by atoms with van der Waals surface area (Å²) in [6.45, 7) is 4.11. The summed E-state index contributed by atoms with van der Waals surface area (Å²) >= 11 is 0. The van der Waals surface area contributed by atoms with Crippen molar-refractivity contribution in [2.75, 3.05) is 6.61 Å². The molecule has 0 N–H and O–H groups in total. The summed E-state index contributed by atoms with van der Waals surface area (Å²) in [5.41, 5.74) is 2.33. The molecule has 0 radical (unpaired) electrons. The molecule has 0 atom stereocenters. The molecule has 1 aromatic carbocycles. The monoisotopic (exact) mass is 242 g/mol. The Bertz CT molecular complexity index is 550. The van der Waals surface area contributed by atoms with Crippen LogP contribution in [0.4, 0.5) is 0 Å². The number of hydrogen-bond donors (Lipinski definition) is 0. The van der Waals surface area contributed by atoms with Crippen molar-refractivity contribution in [2.24, 2.45) is 0 Å². The van der Waals surface area contributed by atoms with Crippen LogP contribution in [-0.4, -0.2) is 22.5 Å². The first kappa shape index (κ1) is 12.2. The number of rotatable bonds is 3. The minimum Gasteiger partial charge on any atom is -0.461 e. The van der Waals surface area contributed by atoms with Gasteiger partial charge in [-0.2, -0.15) is 0 Å². The average Bonchev–Trinajstić information content (AvgIpc) is 2.40. The number of nitrogens with zero attached hydrogens (tertiary/aromatic N) is 2. The molecule has 4 nitrogen and oxygen atoms in total. The Balaban J connectivity index is 2.32.